The quantitative estimate of drug-likeness (QED) is 0.111. The molecule has 0 radical (unpaired) electrons. The number of nitrogens with two attached hydrogens (primary N) is 1. The number of methoxy groups -OCH3 is 1. The standard InChI is InChI=1S/C36H60N7O10P/c1-7-21(3)26(32(45)51-23-15-11-9-12-16-23)41-54(48,42-27(22(4)8-2)33(46)52-24-17-13-10-14-18-24)50-19-25-29(44)36(5,47)34(53-25)43-20-38-28-30(43)39-35(37)40-31(28)49-6/h20-27,29,34,44,47H,7-19H2,1-6H3,(H2,37,39,40)(H2,41,42,48)/t21?,22?,25-,26+,27+,29-,34-,36-,54?/m1/s1. The summed E-state index contributed by atoms with van der Waals surface area (Å²) in [5.74, 6) is -1.78. The van der Waals surface area contributed by atoms with Gasteiger partial charge in [-0.2, -0.15) is 9.97 Å². The highest BCUT2D eigenvalue weighted by atomic mass is 31.2. The molecule has 17 nitrogen and oxygen atoms in total. The molecule has 2 aromatic rings. The molecule has 8 atom stereocenters. The van der Waals surface area contributed by atoms with Crippen LogP contribution < -0.4 is 20.6 Å². The van der Waals surface area contributed by atoms with Crippen molar-refractivity contribution in [1.29, 1.82) is 0 Å². The highest BCUT2D eigenvalue weighted by Crippen LogP contribution is 2.45. The Kier molecular flexibility index (Phi) is 14.3. The van der Waals surface area contributed by atoms with Gasteiger partial charge < -0.3 is 39.4 Å². The van der Waals surface area contributed by atoms with Crippen LogP contribution in [0, 0.1) is 11.8 Å². The molecule has 18 heteroatoms. The zero-order valence-electron chi connectivity index (χ0n) is 32.4. The van der Waals surface area contributed by atoms with Crippen molar-refractivity contribution in [3.63, 3.8) is 0 Å². The minimum absolute atomic E-state index is 0.104. The molecule has 1 aliphatic heterocycles. The Morgan fingerprint density at radius 3 is 1.98 bits per heavy atom. The first-order valence-electron chi connectivity index (χ1n) is 19.5. The topological polar surface area (TPSA) is 231 Å². The third-order valence-electron chi connectivity index (χ3n) is 11.2. The molecule has 6 N–H and O–H groups in total. The second-order valence-electron chi connectivity index (χ2n) is 15.3. The van der Waals surface area contributed by atoms with Crippen LogP contribution in [0.25, 0.3) is 11.2 Å². The summed E-state index contributed by atoms with van der Waals surface area (Å²) in [6.07, 6.45) is 6.92. The number of nitrogens with one attached hydrogen (secondary N) is 2. The maximum absolute atomic E-state index is 15.2. The number of nitrogens with zero attached hydrogens (tertiary/aromatic N) is 4. The highest BCUT2D eigenvalue weighted by Gasteiger charge is 2.54. The number of hydrogen-bond donors (Lipinski definition) is 5. The van der Waals surface area contributed by atoms with Crippen molar-refractivity contribution < 1.29 is 47.8 Å². The summed E-state index contributed by atoms with van der Waals surface area (Å²) in [6, 6.07) is -2.13. The van der Waals surface area contributed by atoms with Crippen LogP contribution >= 0.6 is 7.67 Å². The molecule has 304 valence electrons. The maximum Gasteiger partial charge on any atom is 0.342 e. The van der Waals surface area contributed by atoms with Gasteiger partial charge in [0.15, 0.2) is 17.4 Å². The third kappa shape index (κ3) is 9.71. The van der Waals surface area contributed by atoms with Gasteiger partial charge in [-0.3, -0.25) is 18.7 Å². The molecule has 2 aromatic heterocycles. The first-order chi connectivity index (χ1) is 25.7. The van der Waals surface area contributed by atoms with Crippen LogP contribution in [0.3, 0.4) is 0 Å². The Balaban J connectivity index is 1.43. The van der Waals surface area contributed by atoms with E-state index in [0.717, 1.165) is 64.2 Å². The van der Waals surface area contributed by atoms with Gasteiger partial charge in [-0.05, 0) is 70.1 Å². The summed E-state index contributed by atoms with van der Waals surface area (Å²) < 4.78 is 46.1. The van der Waals surface area contributed by atoms with Gasteiger partial charge in [-0.25, -0.2) is 15.2 Å². The molecular weight excluding hydrogens is 721 g/mol. The van der Waals surface area contributed by atoms with Gasteiger partial charge in [0.05, 0.1) is 20.0 Å². The van der Waals surface area contributed by atoms with E-state index >= 15 is 4.57 Å². The van der Waals surface area contributed by atoms with Gasteiger partial charge in [0, 0.05) is 0 Å². The molecule has 0 spiro atoms. The minimum atomic E-state index is -4.38. The highest BCUT2D eigenvalue weighted by molar-refractivity contribution is 7.54. The zero-order valence-corrected chi connectivity index (χ0v) is 33.3. The summed E-state index contributed by atoms with van der Waals surface area (Å²) >= 11 is 0. The van der Waals surface area contributed by atoms with E-state index in [4.69, 9.17) is 29.2 Å². The molecule has 2 saturated carbocycles. The van der Waals surface area contributed by atoms with Crippen LogP contribution in [-0.2, 0) is 32.9 Å². The molecule has 0 amide bonds. The zero-order chi connectivity index (χ0) is 39.2. The van der Waals surface area contributed by atoms with Crippen molar-refractivity contribution in [2.75, 3.05) is 19.5 Å². The number of aliphatic hydroxyl groups is 2. The molecule has 0 bridgehead atoms. The van der Waals surface area contributed by atoms with Crippen molar-refractivity contribution in [3.05, 3.63) is 6.33 Å². The van der Waals surface area contributed by atoms with Gasteiger partial charge in [-0.15, -0.1) is 0 Å². The van der Waals surface area contributed by atoms with Gasteiger partial charge in [0.1, 0.15) is 42.1 Å². The van der Waals surface area contributed by atoms with E-state index in [-0.39, 0.29) is 47.0 Å². The summed E-state index contributed by atoms with van der Waals surface area (Å²) in [7, 11) is -2.98. The monoisotopic (exact) mass is 781 g/mol. The summed E-state index contributed by atoms with van der Waals surface area (Å²) in [4.78, 5) is 40.2. The predicted molar refractivity (Wildman–Crippen MR) is 199 cm³/mol. The van der Waals surface area contributed by atoms with Gasteiger partial charge in [-0.1, -0.05) is 53.4 Å². The number of rotatable bonds is 17. The molecule has 3 fully saturated rings. The first kappa shape index (κ1) is 42.2. The molecule has 3 heterocycles. The van der Waals surface area contributed by atoms with Crippen LogP contribution in [-0.4, -0.2) is 97.5 Å². The van der Waals surface area contributed by atoms with Gasteiger partial charge in [0.2, 0.25) is 11.8 Å². The minimum Gasteiger partial charge on any atom is -0.479 e. The predicted octanol–water partition coefficient (Wildman–Crippen LogP) is 4.31. The van der Waals surface area contributed by atoms with Crippen molar-refractivity contribution in [2.24, 2.45) is 11.8 Å². The van der Waals surface area contributed by atoms with Crippen LogP contribution in [0.2, 0.25) is 0 Å². The lowest BCUT2D eigenvalue weighted by atomic mass is 9.96. The lowest BCUT2D eigenvalue weighted by Gasteiger charge is -2.34. The number of carbonyl (C=O) groups excluding carboxylic acids is 2. The lowest BCUT2D eigenvalue weighted by molar-refractivity contribution is -0.154. The second-order valence-corrected chi connectivity index (χ2v) is 17.2. The molecule has 54 heavy (non-hydrogen) atoms. The normalized spacial score (nSPS) is 27.5. The van der Waals surface area contributed by atoms with E-state index in [1.54, 1.807) is 0 Å². The Bertz CT molecular complexity index is 1560. The molecule has 1 saturated heterocycles. The number of anilines is 1. The number of hydrogen-bond acceptors (Lipinski definition) is 14. The summed E-state index contributed by atoms with van der Waals surface area (Å²) in [6.45, 7) is 8.38. The average molecular weight is 782 g/mol. The number of nitrogen functional groups attached to an aromatic ring is 1. The van der Waals surface area contributed by atoms with Crippen LogP contribution in [0.15, 0.2) is 6.33 Å². The fourth-order valence-corrected chi connectivity index (χ4v) is 9.42. The molecule has 2 unspecified atom stereocenters. The van der Waals surface area contributed by atoms with E-state index in [2.05, 4.69) is 25.1 Å². The first-order valence-corrected chi connectivity index (χ1v) is 21.1. The van der Waals surface area contributed by atoms with Gasteiger partial charge in [0.25, 0.3) is 0 Å². The molecular formula is C36H60N7O10P. The number of fused-ring (bicyclic) bond motifs is 1. The smallest absolute Gasteiger partial charge is 0.342 e. The maximum atomic E-state index is 15.2. The Morgan fingerprint density at radius 1 is 0.981 bits per heavy atom. The van der Waals surface area contributed by atoms with Crippen LogP contribution in [0.5, 0.6) is 5.88 Å². The largest absolute Gasteiger partial charge is 0.479 e. The van der Waals surface area contributed by atoms with E-state index in [1.807, 2.05) is 27.7 Å². The van der Waals surface area contributed by atoms with Crippen molar-refractivity contribution >= 4 is 36.7 Å². The van der Waals surface area contributed by atoms with E-state index in [0.29, 0.717) is 12.8 Å². The fraction of sp³-hybridized carbons (Fsp3) is 0.806. The number of aromatic nitrogens is 4. The van der Waals surface area contributed by atoms with Crippen molar-refractivity contribution in [2.45, 2.75) is 160 Å². The van der Waals surface area contributed by atoms with Gasteiger partial charge >= 0.3 is 19.6 Å². The van der Waals surface area contributed by atoms with Crippen LogP contribution in [0.1, 0.15) is 118 Å². The number of imidazole rings is 1. The second kappa shape index (κ2) is 18.4. The molecule has 5 rings (SSSR count). The number of esters is 2. The Labute approximate surface area is 317 Å². The third-order valence-corrected chi connectivity index (χ3v) is 13.0. The lowest BCUT2D eigenvalue weighted by Crippen LogP contribution is -2.50. The Morgan fingerprint density at radius 2 is 1.50 bits per heavy atom. The van der Waals surface area contributed by atoms with Crippen LogP contribution in [0.4, 0.5) is 5.95 Å². The SMILES string of the molecule is CCC(C)[C@H](NP(=O)(N[C@H](C(=O)OC1CCCCC1)C(C)CC)OC[C@H]1O[C@@H](n2cnc3c(OC)nc(N)nc32)[C@](C)(O)[C@@H]1O)C(=O)OC1CCCCC1. The van der Waals surface area contributed by atoms with Crippen molar-refractivity contribution in [3.8, 4) is 5.88 Å². The Hall–Kier alpha value is -2.92. The summed E-state index contributed by atoms with van der Waals surface area (Å²) in [5, 5.41) is 28.9. The number of ether oxygens (including phenoxy) is 4. The molecule has 0 aromatic carbocycles. The van der Waals surface area contributed by atoms with Crippen molar-refractivity contribution in [1.82, 2.24) is 29.7 Å². The van der Waals surface area contributed by atoms with E-state index in [9.17, 15) is 19.8 Å². The summed E-state index contributed by atoms with van der Waals surface area (Å²) in [5.41, 5.74) is 4.43. The average Bonchev–Trinajstić information content (AvgIpc) is 3.68. The van der Waals surface area contributed by atoms with E-state index in [1.165, 1.54) is 24.9 Å². The molecule has 3 aliphatic rings. The number of aliphatic hydroxyl groups excluding tert-OH is 1. The molecule has 2 aliphatic carbocycles. The number of carbonyl (C=O) groups is 2. The fourth-order valence-electron chi connectivity index (χ4n) is 7.39. The van der Waals surface area contributed by atoms with E-state index < -0.39 is 62.3 Å².